The van der Waals surface area contributed by atoms with E-state index in [0.29, 0.717) is 12.3 Å². The average molecular weight is 256 g/mol. The van der Waals surface area contributed by atoms with E-state index in [-0.39, 0.29) is 6.04 Å². The molecular weight excluding hydrogens is 236 g/mol. The van der Waals surface area contributed by atoms with E-state index in [2.05, 4.69) is 22.0 Å². The molecule has 3 nitrogen and oxygen atoms in total. The number of aromatic nitrogens is 1. The predicted octanol–water partition coefficient (Wildman–Crippen LogP) is 3.25. The Morgan fingerprint density at radius 1 is 1.42 bits per heavy atom. The Morgan fingerprint density at radius 3 is 3.11 bits per heavy atom. The third-order valence-corrected chi connectivity index (χ3v) is 4.16. The normalized spacial score (nSPS) is 22.6. The van der Waals surface area contributed by atoms with Crippen LogP contribution in [0.1, 0.15) is 50.1 Å². The number of nitrogens with zero attached hydrogens (tertiary/aromatic N) is 2. The number of carbonyl (C=O) groups is 1. The molecule has 3 heteroatoms. The minimum absolute atomic E-state index is 0.239. The number of allylic oxidation sites excluding steroid dienone is 1. The number of hydrogen-bond acceptors (Lipinski definition) is 2. The standard InChI is InChI=1S/C16H20N2O/c19-16(11-13-5-1-2-6-13)18-10-4-8-15(18)14-7-3-9-17-12-14/h3,5,7,9,12,15H,1-2,4,6,8,10-11H2. The Morgan fingerprint density at radius 2 is 2.37 bits per heavy atom. The summed E-state index contributed by atoms with van der Waals surface area (Å²) in [6.45, 7) is 0.895. The summed E-state index contributed by atoms with van der Waals surface area (Å²) in [7, 11) is 0. The highest BCUT2D eigenvalue weighted by Crippen LogP contribution is 2.33. The van der Waals surface area contributed by atoms with Crippen molar-refractivity contribution in [3.05, 3.63) is 41.7 Å². The van der Waals surface area contributed by atoms with Crippen LogP contribution in [0.4, 0.5) is 0 Å². The molecule has 0 N–H and O–H groups in total. The van der Waals surface area contributed by atoms with Crippen molar-refractivity contribution >= 4 is 5.91 Å². The fraction of sp³-hybridized carbons (Fsp3) is 0.500. The van der Waals surface area contributed by atoms with Crippen LogP contribution in [0.25, 0.3) is 0 Å². The van der Waals surface area contributed by atoms with E-state index in [0.717, 1.165) is 32.2 Å². The largest absolute Gasteiger partial charge is 0.335 e. The van der Waals surface area contributed by atoms with Crippen LogP contribution in [0, 0.1) is 0 Å². The minimum Gasteiger partial charge on any atom is -0.335 e. The van der Waals surface area contributed by atoms with Crippen LogP contribution in [0.3, 0.4) is 0 Å². The molecule has 1 amide bonds. The Kier molecular flexibility index (Phi) is 3.62. The van der Waals surface area contributed by atoms with E-state index < -0.39 is 0 Å². The molecule has 1 atom stereocenters. The zero-order chi connectivity index (χ0) is 13.1. The monoisotopic (exact) mass is 256 g/mol. The molecule has 1 aromatic rings. The second-order valence-electron chi connectivity index (χ2n) is 5.46. The van der Waals surface area contributed by atoms with Gasteiger partial charge in [-0.15, -0.1) is 0 Å². The molecule has 0 radical (unpaired) electrons. The molecule has 19 heavy (non-hydrogen) atoms. The smallest absolute Gasteiger partial charge is 0.227 e. The van der Waals surface area contributed by atoms with Crippen LogP contribution in [0.15, 0.2) is 36.2 Å². The van der Waals surface area contributed by atoms with Crippen molar-refractivity contribution in [1.29, 1.82) is 0 Å². The number of pyridine rings is 1. The van der Waals surface area contributed by atoms with Gasteiger partial charge in [0.2, 0.25) is 5.91 Å². The highest BCUT2D eigenvalue weighted by molar-refractivity contribution is 5.79. The van der Waals surface area contributed by atoms with Crippen molar-refractivity contribution in [3.8, 4) is 0 Å². The van der Waals surface area contributed by atoms with Crippen LogP contribution in [-0.2, 0) is 4.79 Å². The van der Waals surface area contributed by atoms with Gasteiger partial charge in [-0.05, 0) is 43.7 Å². The molecule has 1 aliphatic heterocycles. The molecule has 1 fully saturated rings. The molecule has 0 saturated carbocycles. The Labute approximate surface area is 114 Å². The molecular formula is C16H20N2O. The summed E-state index contributed by atoms with van der Waals surface area (Å²) in [5.74, 6) is 0.291. The first kappa shape index (κ1) is 12.4. The van der Waals surface area contributed by atoms with Crippen molar-refractivity contribution in [2.24, 2.45) is 0 Å². The number of rotatable bonds is 3. The van der Waals surface area contributed by atoms with E-state index >= 15 is 0 Å². The van der Waals surface area contributed by atoms with Crippen LogP contribution >= 0.6 is 0 Å². The Balaban J connectivity index is 1.70. The molecule has 0 bridgehead atoms. The van der Waals surface area contributed by atoms with E-state index in [1.165, 1.54) is 17.6 Å². The number of hydrogen-bond donors (Lipinski definition) is 0. The van der Waals surface area contributed by atoms with Crippen molar-refractivity contribution in [2.75, 3.05) is 6.54 Å². The van der Waals surface area contributed by atoms with E-state index in [9.17, 15) is 4.79 Å². The van der Waals surface area contributed by atoms with E-state index in [1.807, 2.05) is 12.3 Å². The lowest BCUT2D eigenvalue weighted by molar-refractivity contribution is -0.131. The molecule has 1 saturated heterocycles. The van der Waals surface area contributed by atoms with Gasteiger partial charge in [-0.2, -0.15) is 0 Å². The second-order valence-corrected chi connectivity index (χ2v) is 5.46. The predicted molar refractivity (Wildman–Crippen MR) is 74.5 cm³/mol. The zero-order valence-corrected chi connectivity index (χ0v) is 11.2. The van der Waals surface area contributed by atoms with Crippen molar-refractivity contribution in [2.45, 2.75) is 44.6 Å². The Bertz CT molecular complexity index is 481. The summed E-state index contributed by atoms with van der Waals surface area (Å²) < 4.78 is 0. The number of carbonyl (C=O) groups excluding carboxylic acids is 1. The summed E-state index contributed by atoms with van der Waals surface area (Å²) >= 11 is 0. The third-order valence-electron chi connectivity index (χ3n) is 4.16. The maximum atomic E-state index is 12.4. The fourth-order valence-electron chi connectivity index (χ4n) is 3.18. The van der Waals surface area contributed by atoms with Crippen molar-refractivity contribution in [1.82, 2.24) is 9.88 Å². The summed E-state index contributed by atoms with van der Waals surface area (Å²) in [6.07, 6.45) is 12.2. The molecule has 100 valence electrons. The molecule has 1 aromatic heterocycles. The van der Waals surface area contributed by atoms with Crippen LogP contribution in [0.2, 0.25) is 0 Å². The quantitative estimate of drug-likeness (QED) is 0.778. The van der Waals surface area contributed by atoms with E-state index in [4.69, 9.17) is 0 Å². The van der Waals surface area contributed by atoms with Gasteiger partial charge in [0, 0.05) is 25.4 Å². The molecule has 2 aliphatic rings. The van der Waals surface area contributed by atoms with Gasteiger partial charge in [-0.25, -0.2) is 0 Å². The van der Waals surface area contributed by atoms with Gasteiger partial charge in [0.05, 0.1) is 6.04 Å². The summed E-state index contributed by atoms with van der Waals surface area (Å²) in [4.78, 5) is 18.7. The SMILES string of the molecule is O=C(CC1=CCCC1)N1CCCC1c1cccnc1. The lowest BCUT2D eigenvalue weighted by Crippen LogP contribution is -2.30. The fourth-order valence-corrected chi connectivity index (χ4v) is 3.18. The van der Waals surface area contributed by atoms with Gasteiger partial charge in [0.1, 0.15) is 0 Å². The summed E-state index contributed by atoms with van der Waals surface area (Å²) in [5, 5.41) is 0. The third kappa shape index (κ3) is 2.70. The lowest BCUT2D eigenvalue weighted by Gasteiger charge is -2.25. The number of likely N-dealkylation sites (tertiary alicyclic amines) is 1. The summed E-state index contributed by atoms with van der Waals surface area (Å²) in [6, 6.07) is 4.27. The first-order valence-electron chi connectivity index (χ1n) is 7.22. The van der Waals surface area contributed by atoms with Crippen LogP contribution in [-0.4, -0.2) is 22.3 Å². The first-order valence-corrected chi connectivity index (χ1v) is 7.22. The van der Waals surface area contributed by atoms with E-state index in [1.54, 1.807) is 6.20 Å². The highest BCUT2D eigenvalue weighted by Gasteiger charge is 2.30. The maximum absolute atomic E-state index is 12.4. The van der Waals surface area contributed by atoms with Gasteiger partial charge in [-0.1, -0.05) is 17.7 Å². The van der Waals surface area contributed by atoms with Crippen LogP contribution < -0.4 is 0 Å². The topological polar surface area (TPSA) is 33.2 Å². The van der Waals surface area contributed by atoms with Gasteiger partial charge in [-0.3, -0.25) is 9.78 Å². The van der Waals surface area contributed by atoms with Gasteiger partial charge in [0.15, 0.2) is 0 Å². The maximum Gasteiger partial charge on any atom is 0.227 e. The molecule has 0 spiro atoms. The first-order chi connectivity index (χ1) is 9.34. The van der Waals surface area contributed by atoms with Gasteiger partial charge >= 0.3 is 0 Å². The highest BCUT2D eigenvalue weighted by atomic mass is 16.2. The average Bonchev–Trinajstić information content (AvgIpc) is 3.10. The molecule has 2 heterocycles. The molecule has 1 unspecified atom stereocenters. The molecule has 1 aliphatic carbocycles. The van der Waals surface area contributed by atoms with Crippen molar-refractivity contribution < 1.29 is 4.79 Å². The summed E-state index contributed by atoms with van der Waals surface area (Å²) in [5.41, 5.74) is 2.51. The minimum atomic E-state index is 0.239. The van der Waals surface area contributed by atoms with Crippen molar-refractivity contribution in [3.63, 3.8) is 0 Å². The zero-order valence-electron chi connectivity index (χ0n) is 11.2. The van der Waals surface area contributed by atoms with Gasteiger partial charge < -0.3 is 4.90 Å². The van der Waals surface area contributed by atoms with Gasteiger partial charge in [0.25, 0.3) is 0 Å². The van der Waals surface area contributed by atoms with Crippen LogP contribution in [0.5, 0.6) is 0 Å². The lowest BCUT2D eigenvalue weighted by atomic mass is 10.1. The molecule has 3 rings (SSSR count). The Hall–Kier alpha value is -1.64. The second kappa shape index (κ2) is 5.55. The number of amides is 1. The molecule has 0 aromatic carbocycles.